The molecule has 0 spiro atoms. The number of nitrogens with one attached hydrogen (secondary N) is 1. The van der Waals surface area contributed by atoms with Crippen LogP contribution in [0.15, 0.2) is 29.6 Å². The van der Waals surface area contributed by atoms with Gasteiger partial charge in [0.15, 0.2) is 0 Å². The van der Waals surface area contributed by atoms with Crippen LogP contribution in [0.1, 0.15) is 10.7 Å². The van der Waals surface area contributed by atoms with Gasteiger partial charge in [0.25, 0.3) is 0 Å². The molecule has 1 aliphatic rings. The summed E-state index contributed by atoms with van der Waals surface area (Å²) < 4.78 is 13.1. The third-order valence-corrected chi connectivity index (χ3v) is 4.82. The Labute approximate surface area is 145 Å². The van der Waals surface area contributed by atoms with Gasteiger partial charge >= 0.3 is 0 Å². The van der Waals surface area contributed by atoms with Crippen LogP contribution in [-0.2, 0) is 11.3 Å². The molecule has 0 bridgehead atoms. The third kappa shape index (κ3) is 4.83. The fourth-order valence-electron chi connectivity index (χ4n) is 2.79. The number of carbonyl (C=O) groups is 1. The van der Waals surface area contributed by atoms with Crippen LogP contribution in [0.5, 0.6) is 0 Å². The second-order valence-electron chi connectivity index (χ2n) is 5.97. The van der Waals surface area contributed by atoms with Gasteiger partial charge in [-0.3, -0.25) is 14.6 Å². The van der Waals surface area contributed by atoms with E-state index >= 15 is 0 Å². The minimum atomic E-state index is -0.348. The van der Waals surface area contributed by atoms with Crippen molar-refractivity contribution in [3.63, 3.8) is 0 Å². The van der Waals surface area contributed by atoms with Crippen molar-refractivity contribution in [2.75, 3.05) is 38.0 Å². The van der Waals surface area contributed by atoms with Gasteiger partial charge in [0.05, 0.1) is 17.2 Å². The standard InChI is InChI=1S/C17H21FN4OS/c1-13-19-16(12-24-13)10-21-5-7-22(8-6-21)11-17(23)20-15-4-2-3-14(18)9-15/h2-4,9,12H,5-8,10-11H2,1H3,(H,20,23). The van der Waals surface area contributed by atoms with Crippen LogP contribution < -0.4 is 5.32 Å². The lowest BCUT2D eigenvalue weighted by atomic mass is 10.3. The Kier molecular flexibility index (Phi) is 5.55. The highest BCUT2D eigenvalue weighted by Crippen LogP contribution is 2.13. The molecule has 0 radical (unpaired) electrons. The molecule has 1 aromatic carbocycles. The Morgan fingerprint density at radius 3 is 2.71 bits per heavy atom. The summed E-state index contributed by atoms with van der Waals surface area (Å²) in [7, 11) is 0. The van der Waals surface area contributed by atoms with Gasteiger partial charge in [0.1, 0.15) is 5.82 Å². The topological polar surface area (TPSA) is 48.5 Å². The average molecular weight is 348 g/mol. The molecule has 0 atom stereocenters. The Bertz CT molecular complexity index is 697. The number of amides is 1. The van der Waals surface area contributed by atoms with E-state index < -0.39 is 0 Å². The first-order valence-corrected chi connectivity index (χ1v) is 8.87. The highest BCUT2D eigenvalue weighted by atomic mass is 32.1. The summed E-state index contributed by atoms with van der Waals surface area (Å²) in [4.78, 5) is 21.0. The average Bonchev–Trinajstić information content (AvgIpc) is 2.94. The summed E-state index contributed by atoms with van der Waals surface area (Å²) in [5, 5.41) is 5.94. The van der Waals surface area contributed by atoms with Gasteiger partial charge in [-0.25, -0.2) is 9.37 Å². The predicted molar refractivity (Wildman–Crippen MR) is 93.6 cm³/mol. The summed E-state index contributed by atoms with van der Waals surface area (Å²) in [6.45, 7) is 6.75. The number of aromatic nitrogens is 1. The monoisotopic (exact) mass is 348 g/mol. The van der Waals surface area contributed by atoms with E-state index in [-0.39, 0.29) is 11.7 Å². The number of anilines is 1. The van der Waals surface area contributed by atoms with E-state index in [2.05, 4.69) is 25.5 Å². The van der Waals surface area contributed by atoms with Gasteiger partial charge in [-0.05, 0) is 25.1 Å². The minimum Gasteiger partial charge on any atom is -0.325 e. The van der Waals surface area contributed by atoms with Crippen molar-refractivity contribution in [2.45, 2.75) is 13.5 Å². The molecular weight excluding hydrogens is 327 g/mol. The normalized spacial score (nSPS) is 16.2. The van der Waals surface area contributed by atoms with Crippen molar-refractivity contribution >= 4 is 22.9 Å². The van der Waals surface area contributed by atoms with Gasteiger partial charge in [-0.2, -0.15) is 0 Å². The maximum absolute atomic E-state index is 13.1. The number of thiazole rings is 1. The lowest BCUT2D eigenvalue weighted by Gasteiger charge is -2.33. The molecule has 7 heteroatoms. The maximum Gasteiger partial charge on any atom is 0.238 e. The molecule has 1 saturated heterocycles. The zero-order valence-electron chi connectivity index (χ0n) is 13.7. The summed E-state index contributed by atoms with van der Waals surface area (Å²) in [6, 6.07) is 5.96. The number of hydrogen-bond acceptors (Lipinski definition) is 5. The summed E-state index contributed by atoms with van der Waals surface area (Å²) >= 11 is 1.68. The molecule has 0 saturated carbocycles. The molecule has 1 fully saturated rings. The highest BCUT2D eigenvalue weighted by molar-refractivity contribution is 7.09. The van der Waals surface area contributed by atoms with E-state index in [0.717, 1.165) is 43.4 Å². The van der Waals surface area contributed by atoms with E-state index in [1.54, 1.807) is 23.5 Å². The lowest BCUT2D eigenvalue weighted by molar-refractivity contribution is -0.117. The zero-order valence-corrected chi connectivity index (χ0v) is 14.5. The number of aryl methyl sites for hydroxylation is 1. The SMILES string of the molecule is Cc1nc(CN2CCN(CC(=O)Nc3cccc(F)c3)CC2)cs1. The Balaban J connectivity index is 1.42. The second-order valence-corrected chi connectivity index (χ2v) is 7.03. The van der Waals surface area contributed by atoms with E-state index in [1.165, 1.54) is 12.1 Å². The molecule has 5 nitrogen and oxygen atoms in total. The largest absolute Gasteiger partial charge is 0.325 e. The van der Waals surface area contributed by atoms with Crippen LogP contribution in [-0.4, -0.2) is 53.4 Å². The van der Waals surface area contributed by atoms with Gasteiger partial charge in [0.2, 0.25) is 5.91 Å². The number of rotatable bonds is 5. The first kappa shape index (κ1) is 17.0. The molecule has 1 N–H and O–H groups in total. The third-order valence-electron chi connectivity index (χ3n) is 3.99. The molecule has 0 aliphatic carbocycles. The van der Waals surface area contributed by atoms with Crippen LogP contribution in [0.3, 0.4) is 0 Å². The van der Waals surface area contributed by atoms with Crippen LogP contribution in [0.2, 0.25) is 0 Å². The summed E-state index contributed by atoms with van der Waals surface area (Å²) in [5.74, 6) is -0.456. The summed E-state index contributed by atoms with van der Waals surface area (Å²) in [5.41, 5.74) is 1.62. The number of benzene rings is 1. The number of nitrogens with zero attached hydrogens (tertiary/aromatic N) is 3. The van der Waals surface area contributed by atoms with Crippen molar-refractivity contribution in [1.82, 2.24) is 14.8 Å². The highest BCUT2D eigenvalue weighted by Gasteiger charge is 2.19. The first-order chi connectivity index (χ1) is 11.6. The maximum atomic E-state index is 13.1. The second kappa shape index (κ2) is 7.83. The molecule has 2 aromatic rings. The molecule has 0 unspecified atom stereocenters. The molecule has 1 aromatic heterocycles. The molecule has 2 heterocycles. The van der Waals surface area contributed by atoms with E-state index in [0.29, 0.717) is 12.2 Å². The lowest BCUT2D eigenvalue weighted by Crippen LogP contribution is -2.48. The summed E-state index contributed by atoms with van der Waals surface area (Å²) in [6.07, 6.45) is 0. The van der Waals surface area contributed by atoms with E-state index in [9.17, 15) is 9.18 Å². The quantitative estimate of drug-likeness (QED) is 0.901. The fraction of sp³-hybridized carbons (Fsp3) is 0.412. The van der Waals surface area contributed by atoms with Gasteiger partial charge in [-0.1, -0.05) is 6.07 Å². The smallest absolute Gasteiger partial charge is 0.238 e. The minimum absolute atomic E-state index is 0.107. The van der Waals surface area contributed by atoms with Crippen molar-refractivity contribution in [3.05, 3.63) is 46.2 Å². The van der Waals surface area contributed by atoms with Crippen molar-refractivity contribution in [3.8, 4) is 0 Å². The predicted octanol–water partition coefficient (Wildman–Crippen LogP) is 2.35. The number of carbonyl (C=O) groups excluding carboxylic acids is 1. The number of halogens is 1. The van der Waals surface area contributed by atoms with Gasteiger partial charge < -0.3 is 5.32 Å². The molecular formula is C17H21FN4OS. The van der Waals surface area contributed by atoms with E-state index in [4.69, 9.17) is 0 Å². The number of hydrogen-bond donors (Lipinski definition) is 1. The van der Waals surface area contributed by atoms with E-state index in [1.807, 2.05) is 6.92 Å². The zero-order chi connectivity index (χ0) is 16.9. The van der Waals surface area contributed by atoms with Crippen LogP contribution in [0.25, 0.3) is 0 Å². The fourth-order valence-corrected chi connectivity index (χ4v) is 3.39. The Morgan fingerprint density at radius 2 is 2.04 bits per heavy atom. The van der Waals surface area contributed by atoms with Gasteiger partial charge in [-0.15, -0.1) is 11.3 Å². The van der Waals surface area contributed by atoms with Gasteiger partial charge in [0, 0.05) is 43.8 Å². The Morgan fingerprint density at radius 1 is 1.29 bits per heavy atom. The first-order valence-electron chi connectivity index (χ1n) is 7.99. The van der Waals surface area contributed by atoms with Crippen LogP contribution in [0, 0.1) is 12.7 Å². The van der Waals surface area contributed by atoms with Crippen molar-refractivity contribution < 1.29 is 9.18 Å². The molecule has 24 heavy (non-hydrogen) atoms. The van der Waals surface area contributed by atoms with Crippen LogP contribution in [0.4, 0.5) is 10.1 Å². The van der Waals surface area contributed by atoms with Crippen molar-refractivity contribution in [1.29, 1.82) is 0 Å². The molecule has 3 rings (SSSR count). The number of piperazine rings is 1. The molecule has 1 amide bonds. The Hall–Kier alpha value is -1.83. The van der Waals surface area contributed by atoms with Crippen LogP contribution >= 0.6 is 11.3 Å². The van der Waals surface area contributed by atoms with Crippen molar-refractivity contribution in [2.24, 2.45) is 0 Å². The molecule has 1 aliphatic heterocycles. The molecule has 128 valence electrons.